The number of hydrogen-bond acceptors (Lipinski definition) is 5. The monoisotopic (exact) mass is 300 g/mol. The van der Waals surface area contributed by atoms with Crippen LogP contribution in [0.5, 0.6) is 0 Å². The van der Waals surface area contributed by atoms with Crippen molar-refractivity contribution >= 4 is 12.2 Å². The van der Waals surface area contributed by atoms with Gasteiger partial charge in [0.2, 0.25) is 0 Å². The zero-order valence-electron chi connectivity index (χ0n) is 12.2. The van der Waals surface area contributed by atoms with Crippen LogP contribution in [0.25, 0.3) is 0 Å². The number of hydrogen-bond donors (Lipinski definition) is 1. The summed E-state index contributed by atoms with van der Waals surface area (Å²) in [5, 5.41) is 14.0. The van der Waals surface area contributed by atoms with Gasteiger partial charge in [-0.3, -0.25) is 4.90 Å². The number of aliphatic hydroxyl groups is 1. The Hall–Kier alpha value is -0.760. The molecule has 0 aromatic carbocycles. The maximum atomic E-state index is 9.62. The van der Waals surface area contributed by atoms with Gasteiger partial charge in [0, 0.05) is 26.7 Å². The van der Waals surface area contributed by atoms with E-state index in [1.54, 1.807) is 13.4 Å². The van der Waals surface area contributed by atoms with Crippen molar-refractivity contribution in [3.63, 3.8) is 0 Å². The van der Waals surface area contributed by atoms with Crippen LogP contribution in [-0.4, -0.2) is 57.3 Å². The Bertz CT molecular complexity index is 463. The number of methoxy groups -OCH3 is 1. The fourth-order valence-corrected chi connectivity index (χ4v) is 2.82. The zero-order chi connectivity index (χ0) is 14.5. The molecule has 0 saturated carbocycles. The first kappa shape index (κ1) is 15.6. The van der Waals surface area contributed by atoms with E-state index in [0.717, 1.165) is 43.9 Å². The highest BCUT2D eigenvalue weighted by atomic mass is 32.1. The molecule has 0 bridgehead atoms. The minimum atomic E-state index is -0.201. The molecule has 1 atom stereocenters. The lowest BCUT2D eigenvalue weighted by Gasteiger charge is -2.32. The molecule has 0 spiro atoms. The molecule has 1 N–H and O–H groups in total. The largest absolute Gasteiger partial charge is 0.393 e. The number of aromatic nitrogens is 3. The number of nitrogens with zero attached hydrogens (tertiary/aromatic N) is 4. The maximum Gasteiger partial charge on any atom is 0.198 e. The van der Waals surface area contributed by atoms with Gasteiger partial charge in [0.15, 0.2) is 4.77 Å². The normalized spacial score (nSPS) is 19.4. The second-order valence-corrected chi connectivity index (χ2v) is 5.80. The molecule has 2 rings (SSSR count). The van der Waals surface area contributed by atoms with Crippen molar-refractivity contribution in [1.29, 1.82) is 0 Å². The highest BCUT2D eigenvalue weighted by molar-refractivity contribution is 7.71. The number of likely N-dealkylation sites (tertiary alicyclic amines) is 1. The van der Waals surface area contributed by atoms with Crippen molar-refractivity contribution in [3.05, 3.63) is 11.1 Å². The van der Waals surface area contributed by atoms with Crippen molar-refractivity contribution in [2.24, 2.45) is 5.92 Å². The van der Waals surface area contributed by atoms with Crippen molar-refractivity contribution in [3.8, 4) is 0 Å². The highest BCUT2D eigenvalue weighted by Crippen LogP contribution is 2.20. The molecule has 0 radical (unpaired) electrons. The summed E-state index contributed by atoms with van der Waals surface area (Å²) in [5.74, 6) is 0.429. The van der Waals surface area contributed by atoms with Crippen LogP contribution in [0.2, 0.25) is 0 Å². The standard InChI is InChI=1S/C13H24N4O2S/c1-11(18)12-3-5-15(6-4-12)10-17-13(20)16(9-14-17)7-8-19-2/h9,11-12,18H,3-8,10H2,1-2H3. The average molecular weight is 300 g/mol. The highest BCUT2D eigenvalue weighted by Gasteiger charge is 2.22. The molecular weight excluding hydrogens is 276 g/mol. The van der Waals surface area contributed by atoms with Gasteiger partial charge in [-0.15, -0.1) is 0 Å². The van der Waals surface area contributed by atoms with Crippen LogP contribution < -0.4 is 0 Å². The van der Waals surface area contributed by atoms with E-state index in [0.29, 0.717) is 12.5 Å². The van der Waals surface area contributed by atoms with Crippen LogP contribution in [0.4, 0.5) is 0 Å². The van der Waals surface area contributed by atoms with Crippen molar-refractivity contribution < 1.29 is 9.84 Å². The summed E-state index contributed by atoms with van der Waals surface area (Å²) < 4.78 is 9.58. The molecule has 1 aromatic heterocycles. The fraction of sp³-hybridized carbons (Fsp3) is 0.846. The third kappa shape index (κ3) is 3.88. The van der Waals surface area contributed by atoms with Crippen LogP contribution in [-0.2, 0) is 18.0 Å². The number of piperidine rings is 1. The molecule has 1 aliphatic heterocycles. The molecule has 1 saturated heterocycles. The zero-order valence-corrected chi connectivity index (χ0v) is 13.1. The summed E-state index contributed by atoms with van der Waals surface area (Å²) >= 11 is 5.41. The number of ether oxygens (including phenoxy) is 1. The third-order valence-electron chi connectivity index (χ3n) is 3.98. The van der Waals surface area contributed by atoms with Gasteiger partial charge < -0.3 is 14.4 Å². The van der Waals surface area contributed by atoms with Gasteiger partial charge in [0.25, 0.3) is 0 Å². The Balaban J connectivity index is 1.88. The number of rotatable bonds is 6. The summed E-state index contributed by atoms with van der Waals surface area (Å²) in [7, 11) is 1.68. The Morgan fingerprint density at radius 1 is 1.50 bits per heavy atom. The first-order valence-electron chi connectivity index (χ1n) is 7.13. The van der Waals surface area contributed by atoms with Crippen molar-refractivity contribution in [2.45, 2.75) is 39.1 Å². The predicted octanol–water partition coefficient (Wildman–Crippen LogP) is 1.11. The van der Waals surface area contributed by atoms with Crippen molar-refractivity contribution in [1.82, 2.24) is 19.2 Å². The van der Waals surface area contributed by atoms with E-state index < -0.39 is 0 Å². The summed E-state index contributed by atoms with van der Waals surface area (Å²) in [5.41, 5.74) is 0. The SMILES string of the molecule is COCCn1cnn(CN2CCC(C(C)O)CC2)c1=S. The molecule has 20 heavy (non-hydrogen) atoms. The van der Waals surface area contributed by atoms with Crippen LogP contribution in [0.1, 0.15) is 19.8 Å². The van der Waals surface area contributed by atoms with Crippen molar-refractivity contribution in [2.75, 3.05) is 26.8 Å². The van der Waals surface area contributed by atoms with E-state index in [1.165, 1.54) is 0 Å². The van der Waals surface area contributed by atoms with Gasteiger partial charge in [-0.05, 0) is 37.9 Å². The molecule has 0 amide bonds. The lowest BCUT2D eigenvalue weighted by Crippen LogP contribution is -2.38. The Morgan fingerprint density at radius 3 is 2.80 bits per heavy atom. The van der Waals surface area contributed by atoms with Gasteiger partial charge >= 0.3 is 0 Å². The third-order valence-corrected chi connectivity index (χ3v) is 4.43. The number of aliphatic hydroxyl groups excluding tert-OH is 1. The quantitative estimate of drug-likeness (QED) is 0.798. The van der Waals surface area contributed by atoms with E-state index in [4.69, 9.17) is 17.0 Å². The van der Waals surface area contributed by atoms with E-state index in [1.807, 2.05) is 16.2 Å². The molecular formula is C13H24N4O2S. The van der Waals surface area contributed by atoms with E-state index in [2.05, 4.69) is 10.00 Å². The average Bonchev–Trinajstić information content (AvgIpc) is 2.78. The van der Waals surface area contributed by atoms with Gasteiger partial charge in [-0.1, -0.05) is 0 Å². The molecule has 1 aromatic rings. The van der Waals surface area contributed by atoms with Crippen LogP contribution in [0.15, 0.2) is 6.33 Å². The molecule has 1 unspecified atom stereocenters. The lowest BCUT2D eigenvalue weighted by molar-refractivity contribution is 0.0591. The van der Waals surface area contributed by atoms with E-state index in [9.17, 15) is 5.11 Å². The molecule has 1 aliphatic rings. The van der Waals surface area contributed by atoms with Crippen LogP contribution in [0.3, 0.4) is 0 Å². The Morgan fingerprint density at radius 2 is 2.20 bits per heavy atom. The second kappa shape index (κ2) is 7.31. The second-order valence-electron chi connectivity index (χ2n) is 5.44. The minimum Gasteiger partial charge on any atom is -0.393 e. The minimum absolute atomic E-state index is 0.201. The summed E-state index contributed by atoms with van der Waals surface area (Å²) in [6, 6.07) is 0. The van der Waals surface area contributed by atoms with Crippen LogP contribution >= 0.6 is 12.2 Å². The molecule has 6 nitrogen and oxygen atoms in total. The molecule has 0 aliphatic carbocycles. The lowest BCUT2D eigenvalue weighted by atomic mass is 9.92. The Labute approximate surface area is 125 Å². The predicted molar refractivity (Wildman–Crippen MR) is 78.9 cm³/mol. The topological polar surface area (TPSA) is 55.5 Å². The first-order chi connectivity index (χ1) is 9.61. The Kier molecular flexibility index (Phi) is 5.71. The van der Waals surface area contributed by atoms with E-state index >= 15 is 0 Å². The first-order valence-corrected chi connectivity index (χ1v) is 7.54. The van der Waals surface area contributed by atoms with E-state index in [-0.39, 0.29) is 6.10 Å². The summed E-state index contributed by atoms with van der Waals surface area (Å²) in [6.07, 6.45) is 3.64. The fourth-order valence-electron chi connectivity index (χ4n) is 2.58. The van der Waals surface area contributed by atoms with Gasteiger partial charge in [0.05, 0.1) is 19.4 Å². The van der Waals surface area contributed by atoms with Gasteiger partial charge in [0.1, 0.15) is 6.33 Å². The molecule has 1 fully saturated rings. The smallest absolute Gasteiger partial charge is 0.198 e. The van der Waals surface area contributed by atoms with Crippen LogP contribution in [0, 0.1) is 10.7 Å². The van der Waals surface area contributed by atoms with Gasteiger partial charge in [-0.25, -0.2) is 4.68 Å². The maximum absolute atomic E-state index is 9.62. The summed E-state index contributed by atoms with van der Waals surface area (Å²) in [4.78, 5) is 2.34. The molecule has 2 heterocycles. The molecule has 7 heteroatoms. The summed E-state index contributed by atoms with van der Waals surface area (Å²) in [6.45, 7) is 5.96. The molecule has 114 valence electrons. The van der Waals surface area contributed by atoms with Gasteiger partial charge in [-0.2, -0.15) is 5.10 Å².